The number of pyridine rings is 1. The number of nitrogens with zero attached hydrogens (tertiary/aromatic N) is 1. The standard InChI is InChI=1S/C10H15N3O2/c1-2-15-6-4-10(14)13-9-3-5-12-7-8(9)11/h3,5,7H,2,4,6,11H2,1H3,(H,12,13,14). The monoisotopic (exact) mass is 209 g/mol. The first-order valence-electron chi connectivity index (χ1n) is 4.81. The lowest BCUT2D eigenvalue weighted by atomic mass is 10.3. The molecule has 3 N–H and O–H groups in total. The van der Waals surface area contributed by atoms with Gasteiger partial charge < -0.3 is 15.8 Å². The number of carbonyl (C=O) groups excluding carboxylic acids is 1. The highest BCUT2D eigenvalue weighted by molar-refractivity contribution is 5.93. The van der Waals surface area contributed by atoms with Crippen molar-refractivity contribution in [1.29, 1.82) is 0 Å². The van der Waals surface area contributed by atoms with Gasteiger partial charge in [0.1, 0.15) is 0 Å². The van der Waals surface area contributed by atoms with E-state index in [4.69, 9.17) is 10.5 Å². The number of hydrogen-bond acceptors (Lipinski definition) is 4. The first kappa shape index (κ1) is 11.5. The van der Waals surface area contributed by atoms with E-state index >= 15 is 0 Å². The average molecular weight is 209 g/mol. The van der Waals surface area contributed by atoms with Gasteiger partial charge in [-0.1, -0.05) is 0 Å². The lowest BCUT2D eigenvalue weighted by Crippen LogP contribution is -2.15. The predicted octanol–water partition coefficient (Wildman–Crippen LogP) is 1.03. The predicted molar refractivity (Wildman–Crippen MR) is 58.4 cm³/mol. The molecule has 0 saturated carbocycles. The normalized spacial score (nSPS) is 9.93. The third-order valence-corrected chi connectivity index (χ3v) is 1.80. The number of nitrogens with one attached hydrogen (secondary N) is 1. The number of ether oxygens (including phenoxy) is 1. The van der Waals surface area contributed by atoms with Crippen LogP contribution in [-0.2, 0) is 9.53 Å². The second-order valence-corrected chi connectivity index (χ2v) is 2.96. The first-order chi connectivity index (χ1) is 7.24. The van der Waals surface area contributed by atoms with E-state index in [-0.39, 0.29) is 5.91 Å². The zero-order valence-electron chi connectivity index (χ0n) is 8.69. The van der Waals surface area contributed by atoms with Crippen LogP contribution in [-0.4, -0.2) is 24.1 Å². The molecular formula is C10H15N3O2. The molecule has 0 unspecified atom stereocenters. The van der Waals surface area contributed by atoms with Crippen LogP contribution in [0.15, 0.2) is 18.5 Å². The minimum Gasteiger partial charge on any atom is -0.396 e. The van der Waals surface area contributed by atoms with Gasteiger partial charge in [-0.2, -0.15) is 0 Å². The van der Waals surface area contributed by atoms with E-state index in [0.29, 0.717) is 31.0 Å². The Balaban J connectivity index is 2.41. The fraction of sp³-hybridized carbons (Fsp3) is 0.400. The summed E-state index contributed by atoms with van der Waals surface area (Å²) >= 11 is 0. The number of anilines is 2. The molecule has 0 aliphatic rings. The number of amides is 1. The summed E-state index contributed by atoms with van der Waals surface area (Å²) in [6, 6.07) is 1.66. The van der Waals surface area contributed by atoms with Crippen LogP contribution >= 0.6 is 0 Å². The van der Waals surface area contributed by atoms with Gasteiger partial charge in [-0.25, -0.2) is 0 Å². The Bertz CT molecular complexity index is 328. The maximum Gasteiger partial charge on any atom is 0.226 e. The molecule has 5 heteroatoms. The van der Waals surface area contributed by atoms with E-state index in [1.807, 2.05) is 6.92 Å². The highest BCUT2D eigenvalue weighted by Crippen LogP contribution is 2.14. The second-order valence-electron chi connectivity index (χ2n) is 2.96. The number of nitrogens with two attached hydrogens (primary N) is 1. The Labute approximate surface area is 88.6 Å². The van der Waals surface area contributed by atoms with E-state index in [1.54, 1.807) is 12.3 Å². The SMILES string of the molecule is CCOCCC(=O)Nc1ccncc1N. The van der Waals surface area contributed by atoms with Gasteiger partial charge in [-0.3, -0.25) is 9.78 Å². The van der Waals surface area contributed by atoms with Gasteiger partial charge in [0.25, 0.3) is 0 Å². The quantitative estimate of drug-likeness (QED) is 0.710. The van der Waals surface area contributed by atoms with Crippen molar-refractivity contribution in [3.63, 3.8) is 0 Å². The summed E-state index contributed by atoms with van der Waals surface area (Å²) in [4.78, 5) is 15.2. The van der Waals surface area contributed by atoms with Crippen LogP contribution in [0.1, 0.15) is 13.3 Å². The topological polar surface area (TPSA) is 77.2 Å². The van der Waals surface area contributed by atoms with Crippen LogP contribution in [0.2, 0.25) is 0 Å². The number of nitrogen functional groups attached to an aromatic ring is 1. The Hall–Kier alpha value is -1.62. The molecule has 0 fully saturated rings. The number of hydrogen-bond donors (Lipinski definition) is 2. The van der Waals surface area contributed by atoms with Gasteiger partial charge >= 0.3 is 0 Å². The lowest BCUT2D eigenvalue weighted by molar-refractivity contribution is -0.117. The Kier molecular flexibility index (Phi) is 4.56. The number of carbonyl (C=O) groups is 1. The fourth-order valence-electron chi connectivity index (χ4n) is 1.04. The zero-order valence-corrected chi connectivity index (χ0v) is 8.69. The summed E-state index contributed by atoms with van der Waals surface area (Å²) < 4.78 is 5.07. The van der Waals surface area contributed by atoms with Crippen LogP contribution in [0.5, 0.6) is 0 Å². The van der Waals surface area contributed by atoms with E-state index in [0.717, 1.165) is 0 Å². The van der Waals surface area contributed by atoms with Crippen molar-refractivity contribution < 1.29 is 9.53 Å². The molecule has 0 aliphatic heterocycles. The molecule has 1 rings (SSSR count). The van der Waals surface area contributed by atoms with Crippen LogP contribution in [0.4, 0.5) is 11.4 Å². The first-order valence-corrected chi connectivity index (χ1v) is 4.81. The maximum atomic E-state index is 11.4. The summed E-state index contributed by atoms with van der Waals surface area (Å²) in [5.41, 5.74) is 6.66. The van der Waals surface area contributed by atoms with Gasteiger partial charge in [0, 0.05) is 12.8 Å². The molecule has 82 valence electrons. The van der Waals surface area contributed by atoms with Crippen molar-refractivity contribution in [2.24, 2.45) is 0 Å². The van der Waals surface area contributed by atoms with Crippen LogP contribution in [0.3, 0.4) is 0 Å². The second kappa shape index (κ2) is 5.98. The minimum absolute atomic E-state index is 0.110. The minimum atomic E-state index is -0.110. The van der Waals surface area contributed by atoms with Gasteiger partial charge in [0.05, 0.1) is 30.6 Å². The summed E-state index contributed by atoms with van der Waals surface area (Å²) in [7, 11) is 0. The smallest absolute Gasteiger partial charge is 0.226 e. The van der Waals surface area contributed by atoms with Crippen molar-refractivity contribution in [3.8, 4) is 0 Å². The molecule has 1 heterocycles. The molecule has 0 saturated heterocycles. The summed E-state index contributed by atoms with van der Waals surface area (Å²) in [5, 5.41) is 2.69. The van der Waals surface area contributed by atoms with Crippen LogP contribution < -0.4 is 11.1 Å². The van der Waals surface area contributed by atoms with E-state index in [2.05, 4.69) is 10.3 Å². The zero-order chi connectivity index (χ0) is 11.1. The van der Waals surface area contributed by atoms with Crippen molar-refractivity contribution in [1.82, 2.24) is 4.98 Å². The Morgan fingerprint density at radius 2 is 2.47 bits per heavy atom. The van der Waals surface area contributed by atoms with E-state index in [1.165, 1.54) is 6.20 Å². The van der Waals surface area contributed by atoms with Crippen molar-refractivity contribution in [2.45, 2.75) is 13.3 Å². The molecule has 0 atom stereocenters. The molecule has 0 spiro atoms. The number of rotatable bonds is 5. The van der Waals surface area contributed by atoms with Gasteiger partial charge in [-0.05, 0) is 13.0 Å². The molecule has 5 nitrogen and oxygen atoms in total. The average Bonchev–Trinajstić information content (AvgIpc) is 2.22. The lowest BCUT2D eigenvalue weighted by Gasteiger charge is -2.06. The molecule has 15 heavy (non-hydrogen) atoms. The van der Waals surface area contributed by atoms with Gasteiger partial charge in [-0.15, -0.1) is 0 Å². The van der Waals surface area contributed by atoms with Crippen molar-refractivity contribution in [3.05, 3.63) is 18.5 Å². The highest BCUT2D eigenvalue weighted by atomic mass is 16.5. The summed E-state index contributed by atoms with van der Waals surface area (Å²) in [6.45, 7) is 2.93. The maximum absolute atomic E-state index is 11.4. The van der Waals surface area contributed by atoms with Crippen molar-refractivity contribution in [2.75, 3.05) is 24.3 Å². The molecule has 1 amide bonds. The molecular weight excluding hydrogens is 194 g/mol. The summed E-state index contributed by atoms with van der Waals surface area (Å²) in [6.07, 6.45) is 3.41. The van der Waals surface area contributed by atoms with Crippen LogP contribution in [0, 0.1) is 0 Å². The van der Waals surface area contributed by atoms with Gasteiger partial charge in [0.15, 0.2) is 0 Å². The molecule has 0 aromatic carbocycles. The Morgan fingerprint density at radius 1 is 1.67 bits per heavy atom. The molecule has 1 aromatic rings. The fourth-order valence-corrected chi connectivity index (χ4v) is 1.04. The Morgan fingerprint density at radius 3 is 3.13 bits per heavy atom. The molecule has 0 radical (unpaired) electrons. The highest BCUT2D eigenvalue weighted by Gasteiger charge is 2.04. The molecule has 0 bridgehead atoms. The summed E-state index contributed by atoms with van der Waals surface area (Å²) in [5.74, 6) is -0.110. The van der Waals surface area contributed by atoms with E-state index < -0.39 is 0 Å². The van der Waals surface area contributed by atoms with Crippen molar-refractivity contribution >= 4 is 17.3 Å². The third kappa shape index (κ3) is 3.95. The third-order valence-electron chi connectivity index (χ3n) is 1.80. The largest absolute Gasteiger partial charge is 0.396 e. The van der Waals surface area contributed by atoms with Gasteiger partial charge in [0.2, 0.25) is 5.91 Å². The van der Waals surface area contributed by atoms with E-state index in [9.17, 15) is 4.79 Å². The molecule has 0 aliphatic carbocycles. The molecule has 1 aromatic heterocycles. The van der Waals surface area contributed by atoms with Crippen LogP contribution in [0.25, 0.3) is 0 Å². The number of aromatic nitrogens is 1.